The second kappa shape index (κ2) is 4.06. The Hall–Kier alpha value is -0.300. The molecule has 1 unspecified atom stereocenters. The van der Waals surface area contributed by atoms with Gasteiger partial charge in [0.1, 0.15) is 0 Å². The van der Waals surface area contributed by atoms with Gasteiger partial charge in [-0.3, -0.25) is 0 Å². The molecule has 1 fully saturated rings. The summed E-state index contributed by atoms with van der Waals surface area (Å²) in [6.07, 6.45) is 7.36. The number of hydrogen-bond donors (Lipinski definition) is 1. The molecule has 1 aliphatic rings. The van der Waals surface area contributed by atoms with E-state index in [0.29, 0.717) is 10.8 Å². The maximum absolute atomic E-state index is 8.95. The molecule has 1 aliphatic carbocycles. The van der Waals surface area contributed by atoms with E-state index in [4.69, 9.17) is 5.11 Å². The van der Waals surface area contributed by atoms with Crippen molar-refractivity contribution in [3.8, 4) is 0 Å². The lowest BCUT2D eigenvalue weighted by molar-refractivity contribution is 0.135. The van der Waals surface area contributed by atoms with Crippen LogP contribution in [0.4, 0.5) is 0 Å². The third-order valence-corrected chi connectivity index (χ3v) is 4.31. The van der Waals surface area contributed by atoms with E-state index in [0.717, 1.165) is 12.0 Å². The zero-order chi connectivity index (χ0) is 10.8. The predicted molar refractivity (Wildman–Crippen MR) is 61.2 cm³/mol. The van der Waals surface area contributed by atoms with Gasteiger partial charge >= 0.3 is 0 Å². The minimum atomic E-state index is 0.205. The van der Waals surface area contributed by atoms with Crippen molar-refractivity contribution in [2.24, 2.45) is 10.8 Å². The lowest BCUT2D eigenvalue weighted by atomic mass is 9.67. The summed E-state index contributed by atoms with van der Waals surface area (Å²) < 4.78 is 0. The normalized spacial score (nSPS) is 32.2. The molecule has 0 amide bonds. The van der Waals surface area contributed by atoms with Crippen molar-refractivity contribution in [3.05, 3.63) is 11.6 Å². The molecule has 0 bridgehead atoms. The highest BCUT2D eigenvalue weighted by Gasteiger charge is 2.43. The number of hydrogen-bond acceptors (Lipinski definition) is 1. The lowest BCUT2D eigenvalue weighted by Crippen LogP contribution is -2.29. The van der Waals surface area contributed by atoms with E-state index in [1.54, 1.807) is 0 Å². The van der Waals surface area contributed by atoms with E-state index in [-0.39, 0.29) is 6.61 Å². The summed E-state index contributed by atoms with van der Waals surface area (Å²) in [6.45, 7) is 9.35. The van der Waals surface area contributed by atoms with Crippen LogP contribution in [0.1, 0.15) is 53.4 Å². The summed E-state index contributed by atoms with van der Waals surface area (Å²) in [5.74, 6) is 0. The molecule has 82 valence electrons. The molecule has 0 heterocycles. The number of aliphatic hydroxyl groups is 1. The Bertz CT molecular complexity index is 227. The van der Waals surface area contributed by atoms with Crippen molar-refractivity contribution < 1.29 is 5.11 Å². The molecule has 0 radical (unpaired) electrons. The fourth-order valence-electron chi connectivity index (χ4n) is 2.40. The monoisotopic (exact) mass is 196 g/mol. The Balaban J connectivity index is 2.67. The molecule has 1 rings (SSSR count). The lowest BCUT2D eigenvalue weighted by Gasteiger charge is -2.38. The second-order valence-corrected chi connectivity index (χ2v) is 5.71. The van der Waals surface area contributed by atoms with Gasteiger partial charge in [-0.2, -0.15) is 0 Å². The SMILES string of the molecule is CC(=CCC1(C)CCCC1(C)C)CO. The molecule has 14 heavy (non-hydrogen) atoms. The first-order chi connectivity index (χ1) is 6.41. The average molecular weight is 196 g/mol. The van der Waals surface area contributed by atoms with Gasteiger partial charge in [0.15, 0.2) is 0 Å². The van der Waals surface area contributed by atoms with Crippen LogP contribution < -0.4 is 0 Å². The van der Waals surface area contributed by atoms with Crippen molar-refractivity contribution in [3.63, 3.8) is 0 Å². The van der Waals surface area contributed by atoms with Gasteiger partial charge < -0.3 is 5.11 Å². The number of rotatable bonds is 3. The summed E-state index contributed by atoms with van der Waals surface area (Å²) in [5.41, 5.74) is 2.00. The van der Waals surface area contributed by atoms with Crippen LogP contribution >= 0.6 is 0 Å². The molecular weight excluding hydrogens is 172 g/mol. The Morgan fingerprint density at radius 3 is 2.36 bits per heavy atom. The molecule has 0 aromatic heterocycles. The standard InChI is InChI=1S/C13H24O/c1-11(10-14)6-9-13(4)8-5-7-12(13,2)3/h6,14H,5,7-10H2,1-4H3. The van der Waals surface area contributed by atoms with Gasteiger partial charge in [-0.25, -0.2) is 0 Å². The van der Waals surface area contributed by atoms with E-state index in [1.165, 1.54) is 19.3 Å². The van der Waals surface area contributed by atoms with Crippen molar-refractivity contribution in [1.82, 2.24) is 0 Å². The van der Waals surface area contributed by atoms with Crippen LogP contribution in [-0.2, 0) is 0 Å². The first-order valence-corrected chi connectivity index (χ1v) is 5.68. The van der Waals surface area contributed by atoms with Crippen LogP contribution in [0.15, 0.2) is 11.6 Å². The first-order valence-electron chi connectivity index (χ1n) is 5.68. The van der Waals surface area contributed by atoms with Crippen LogP contribution in [0.25, 0.3) is 0 Å². The van der Waals surface area contributed by atoms with Crippen LogP contribution in [0.3, 0.4) is 0 Å². The van der Waals surface area contributed by atoms with E-state index < -0.39 is 0 Å². The van der Waals surface area contributed by atoms with Crippen LogP contribution in [0, 0.1) is 10.8 Å². The van der Waals surface area contributed by atoms with Gasteiger partial charge in [0.25, 0.3) is 0 Å². The van der Waals surface area contributed by atoms with Gasteiger partial charge in [-0.15, -0.1) is 0 Å². The molecule has 1 N–H and O–H groups in total. The number of aliphatic hydroxyl groups excluding tert-OH is 1. The smallest absolute Gasteiger partial charge is 0.0639 e. The summed E-state index contributed by atoms with van der Waals surface area (Å²) in [6, 6.07) is 0. The molecule has 0 aromatic rings. The molecular formula is C13H24O. The highest BCUT2D eigenvalue weighted by molar-refractivity contribution is 5.05. The Morgan fingerprint density at radius 1 is 1.29 bits per heavy atom. The van der Waals surface area contributed by atoms with Gasteiger partial charge in [0.05, 0.1) is 6.61 Å². The van der Waals surface area contributed by atoms with Gasteiger partial charge in [0, 0.05) is 0 Å². The van der Waals surface area contributed by atoms with E-state index in [2.05, 4.69) is 26.8 Å². The minimum absolute atomic E-state index is 0.205. The maximum atomic E-state index is 8.95. The van der Waals surface area contributed by atoms with E-state index in [9.17, 15) is 0 Å². The Morgan fingerprint density at radius 2 is 1.93 bits per heavy atom. The van der Waals surface area contributed by atoms with Gasteiger partial charge in [0.2, 0.25) is 0 Å². The zero-order valence-corrected chi connectivity index (χ0v) is 10.1. The third-order valence-electron chi connectivity index (χ3n) is 4.31. The molecule has 0 aromatic carbocycles. The highest BCUT2D eigenvalue weighted by atomic mass is 16.3. The molecule has 0 spiro atoms. The van der Waals surface area contributed by atoms with E-state index in [1.807, 2.05) is 6.92 Å². The minimum Gasteiger partial charge on any atom is -0.392 e. The Kier molecular flexibility index (Phi) is 3.41. The Labute approximate surface area is 88.2 Å². The summed E-state index contributed by atoms with van der Waals surface area (Å²) in [4.78, 5) is 0. The molecule has 0 aliphatic heterocycles. The van der Waals surface area contributed by atoms with Crippen LogP contribution in [-0.4, -0.2) is 11.7 Å². The third kappa shape index (κ3) is 2.20. The van der Waals surface area contributed by atoms with Crippen LogP contribution in [0.5, 0.6) is 0 Å². The molecule has 1 saturated carbocycles. The fourth-order valence-corrected chi connectivity index (χ4v) is 2.40. The van der Waals surface area contributed by atoms with Crippen molar-refractivity contribution in [1.29, 1.82) is 0 Å². The molecule has 1 atom stereocenters. The highest BCUT2D eigenvalue weighted by Crippen LogP contribution is 2.54. The predicted octanol–water partition coefficient (Wildman–Crippen LogP) is 3.53. The largest absolute Gasteiger partial charge is 0.392 e. The average Bonchev–Trinajstić information content (AvgIpc) is 2.38. The van der Waals surface area contributed by atoms with E-state index >= 15 is 0 Å². The summed E-state index contributed by atoms with van der Waals surface area (Å²) in [7, 11) is 0. The number of allylic oxidation sites excluding steroid dienone is 1. The van der Waals surface area contributed by atoms with Crippen LogP contribution in [0.2, 0.25) is 0 Å². The molecule has 1 nitrogen and oxygen atoms in total. The fraction of sp³-hybridized carbons (Fsp3) is 0.846. The van der Waals surface area contributed by atoms with Crippen molar-refractivity contribution in [2.45, 2.75) is 53.4 Å². The quantitative estimate of drug-likeness (QED) is 0.685. The zero-order valence-electron chi connectivity index (χ0n) is 10.1. The van der Waals surface area contributed by atoms with Gasteiger partial charge in [-0.05, 0) is 37.0 Å². The second-order valence-electron chi connectivity index (χ2n) is 5.71. The summed E-state index contributed by atoms with van der Waals surface area (Å²) >= 11 is 0. The van der Waals surface area contributed by atoms with Crippen molar-refractivity contribution in [2.75, 3.05) is 6.61 Å². The topological polar surface area (TPSA) is 20.2 Å². The molecule has 1 heteroatoms. The molecule has 0 saturated heterocycles. The maximum Gasteiger partial charge on any atom is 0.0639 e. The van der Waals surface area contributed by atoms with Crippen molar-refractivity contribution >= 4 is 0 Å². The van der Waals surface area contributed by atoms with Gasteiger partial charge in [-0.1, -0.05) is 38.8 Å². The first kappa shape index (κ1) is 11.8. The summed E-state index contributed by atoms with van der Waals surface area (Å²) in [5, 5.41) is 8.95.